The molecule has 0 aliphatic heterocycles. The lowest BCUT2D eigenvalue weighted by Gasteiger charge is -2.07. The molecule has 0 aliphatic rings. The van der Waals surface area contributed by atoms with E-state index < -0.39 is 5.97 Å². The molecule has 0 radical (unpaired) electrons. The van der Waals surface area contributed by atoms with Crippen LogP contribution in [-0.4, -0.2) is 16.1 Å². The third kappa shape index (κ3) is 4.67. The molecule has 4 aromatic rings. The zero-order valence-electron chi connectivity index (χ0n) is 16.3. The quantitative estimate of drug-likeness (QED) is 0.371. The van der Waals surface area contributed by atoms with E-state index in [0.717, 1.165) is 22.6 Å². The van der Waals surface area contributed by atoms with E-state index in [9.17, 15) is 9.90 Å². The fourth-order valence-electron chi connectivity index (χ4n) is 3.02. The minimum Gasteiger partial charge on any atom is -0.481 e. The highest BCUT2D eigenvalue weighted by molar-refractivity contribution is 7.16. The lowest BCUT2D eigenvalue weighted by molar-refractivity contribution is -0.136. The Morgan fingerprint density at radius 3 is 2.33 bits per heavy atom. The van der Waals surface area contributed by atoms with Crippen LogP contribution in [0.5, 0.6) is 11.5 Å². The summed E-state index contributed by atoms with van der Waals surface area (Å²) in [6.07, 6.45) is -0.0787. The molecule has 1 aromatic heterocycles. The molecule has 0 fully saturated rings. The first kappa shape index (κ1) is 19.7. The number of thiazole rings is 1. The van der Waals surface area contributed by atoms with Crippen molar-refractivity contribution in [1.29, 1.82) is 0 Å². The lowest BCUT2D eigenvalue weighted by Crippen LogP contribution is -1.99. The SMILES string of the molecule is Cc1ccccc1Nc1nc(-c2ccc(Oc3ccccc3)cc2)c(CC(=O)O)s1. The molecule has 30 heavy (non-hydrogen) atoms. The van der Waals surface area contributed by atoms with Gasteiger partial charge in [0.2, 0.25) is 0 Å². The largest absolute Gasteiger partial charge is 0.481 e. The first-order valence-electron chi connectivity index (χ1n) is 9.46. The van der Waals surface area contributed by atoms with Gasteiger partial charge in [0.15, 0.2) is 5.13 Å². The van der Waals surface area contributed by atoms with Gasteiger partial charge in [0, 0.05) is 16.1 Å². The zero-order chi connectivity index (χ0) is 20.9. The Labute approximate surface area is 178 Å². The van der Waals surface area contributed by atoms with E-state index in [1.54, 1.807) is 0 Å². The lowest BCUT2D eigenvalue weighted by atomic mass is 10.1. The number of benzene rings is 3. The zero-order valence-corrected chi connectivity index (χ0v) is 17.1. The molecule has 2 N–H and O–H groups in total. The van der Waals surface area contributed by atoms with Crippen LogP contribution in [0.4, 0.5) is 10.8 Å². The van der Waals surface area contributed by atoms with Crippen molar-refractivity contribution in [3.8, 4) is 22.8 Å². The molecule has 0 atom stereocenters. The minimum absolute atomic E-state index is 0.0787. The van der Waals surface area contributed by atoms with Gasteiger partial charge in [-0.05, 0) is 55.0 Å². The number of nitrogens with zero attached hydrogens (tertiary/aromatic N) is 1. The highest BCUT2D eigenvalue weighted by Gasteiger charge is 2.16. The number of ether oxygens (including phenoxy) is 1. The number of carboxylic acids is 1. The number of hydrogen-bond acceptors (Lipinski definition) is 5. The average Bonchev–Trinajstić information content (AvgIpc) is 3.12. The van der Waals surface area contributed by atoms with Gasteiger partial charge in [-0.2, -0.15) is 0 Å². The summed E-state index contributed by atoms with van der Waals surface area (Å²) >= 11 is 1.36. The Morgan fingerprint density at radius 1 is 0.967 bits per heavy atom. The number of nitrogens with one attached hydrogen (secondary N) is 1. The number of carbonyl (C=O) groups is 1. The van der Waals surface area contributed by atoms with E-state index in [0.29, 0.717) is 21.5 Å². The Bertz CT molecular complexity index is 1150. The predicted molar refractivity (Wildman–Crippen MR) is 120 cm³/mol. The van der Waals surface area contributed by atoms with Crippen LogP contribution in [-0.2, 0) is 11.2 Å². The maximum absolute atomic E-state index is 11.4. The molecule has 0 saturated heterocycles. The third-order valence-corrected chi connectivity index (χ3v) is 5.47. The van der Waals surface area contributed by atoms with Gasteiger partial charge < -0.3 is 15.2 Å². The number of hydrogen-bond donors (Lipinski definition) is 2. The van der Waals surface area contributed by atoms with Crippen molar-refractivity contribution in [2.45, 2.75) is 13.3 Å². The second-order valence-electron chi connectivity index (χ2n) is 6.74. The second-order valence-corrected chi connectivity index (χ2v) is 7.82. The molecule has 0 unspecified atom stereocenters. The fourth-order valence-corrected chi connectivity index (χ4v) is 4.01. The van der Waals surface area contributed by atoms with Crippen LogP contribution in [0.15, 0.2) is 78.9 Å². The van der Waals surface area contributed by atoms with Crippen molar-refractivity contribution in [3.63, 3.8) is 0 Å². The molecule has 0 spiro atoms. The van der Waals surface area contributed by atoms with E-state index >= 15 is 0 Å². The van der Waals surface area contributed by atoms with Crippen molar-refractivity contribution in [3.05, 3.63) is 89.3 Å². The molecule has 0 aliphatic carbocycles. The number of rotatable bonds is 7. The number of aromatic nitrogens is 1. The predicted octanol–water partition coefficient (Wildman–Crippen LogP) is 6.28. The molecule has 6 heteroatoms. The van der Waals surface area contributed by atoms with Crippen LogP contribution in [0.2, 0.25) is 0 Å². The molecular weight excluding hydrogens is 396 g/mol. The highest BCUT2D eigenvalue weighted by atomic mass is 32.1. The minimum atomic E-state index is -0.883. The number of aryl methyl sites for hydroxylation is 1. The Hall–Kier alpha value is -3.64. The Balaban J connectivity index is 1.61. The van der Waals surface area contributed by atoms with E-state index in [2.05, 4.69) is 10.3 Å². The van der Waals surface area contributed by atoms with Crippen LogP contribution in [0.25, 0.3) is 11.3 Å². The van der Waals surface area contributed by atoms with Crippen LogP contribution in [0, 0.1) is 6.92 Å². The first-order chi connectivity index (χ1) is 14.6. The van der Waals surface area contributed by atoms with Crippen LogP contribution >= 0.6 is 11.3 Å². The van der Waals surface area contributed by atoms with Crippen molar-refractivity contribution < 1.29 is 14.6 Å². The van der Waals surface area contributed by atoms with Crippen LogP contribution in [0.1, 0.15) is 10.4 Å². The molecule has 0 bridgehead atoms. The maximum atomic E-state index is 11.4. The van der Waals surface area contributed by atoms with Gasteiger partial charge in [-0.1, -0.05) is 36.4 Å². The average molecular weight is 417 g/mol. The van der Waals surface area contributed by atoms with Gasteiger partial charge in [0.1, 0.15) is 11.5 Å². The molecule has 0 saturated carbocycles. The van der Waals surface area contributed by atoms with Crippen LogP contribution < -0.4 is 10.1 Å². The highest BCUT2D eigenvalue weighted by Crippen LogP contribution is 2.35. The van der Waals surface area contributed by atoms with Gasteiger partial charge in [0.25, 0.3) is 0 Å². The van der Waals surface area contributed by atoms with Crippen molar-refractivity contribution >= 4 is 28.1 Å². The van der Waals surface area contributed by atoms with E-state index in [4.69, 9.17) is 4.74 Å². The number of aliphatic carboxylic acids is 1. The first-order valence-corrected chi connectivity index (χ1v) is 10.3. The van der Waals surface area contributed by atoms with Crippen LogP contribution in [0.3, 0.4) is 0 Å². The van der Waals surface area contributed by atoms with Gasteiger partial charge in [0.05, 0.1) is 12.1 Å². The summed E-state index contributed by atoms with van der Waals surface area (Å²) in [4.78, 5) is 16.8. The standard InChI is InChI=1S/C24H20N2O3S/c1-16-7-5-6-10-20(16)25-24-26-23(21(30-24)15-22(27)28)17-11-13-19(14-12-17)29-18-8-3-2-4-9-18/h2-14H,15H2,1H3,(H,25,26)(H,27,28). The maximum Gasteiger partial charge on any atom is 0.308 e. The van der Waals surface area contributed by atoms with Crippen molar-refractivity contribution in [2.24, 2.45) is 0 Å². The normalized spacial score (nSPS) is 10.6. The van der Waals surface area contributed by atoms with Gasteiger partial charge in [-0.15, -0.1) is 11.3 Å². The molecule has 5 nitrogen and oxygen atoms in total. The molecule has 3 aromatic carbocycles. The van der Waals surface area contributed by atoms with Gasteiger partial charge in [-0.3, -0.25) is 4.79 Å². The molecule has 150 valence electrons. The number of para-hydroxylation sites is 2. The van der Waals surface area contributed by atoms with E-state index in [1.807, 2.05) is 85.8 Å². The number of anilines is 2. The summed E-state index contributed by atoms with van der Waals surface area (Å²) in [6, 6.07) is 25.0. The molecule has 0 amide bonds. The summed E-state index contributed by atoms with van der Waals surface area (Å²) in [5, 5.41) is 13.3. The summed E-state index contributed by atoms with van der Waals surface area (Å²) in [5.41, 5.74) is 3.56. The topological polar surface area (TPSA) is 71.5 Å². The Morgan fingerprint density at radius 2 is 1.63 bits per heavy atom. The molecule has 4 rings (SSSR count). The second kappa shape index (κ2) is 8.80. The molecule has 1 heterocycles. The third-order valence-electron chi connectivity index (χ3n) is 4.50. The molecular formula is C24H20N2O3S. The van der Waals surface area contributed by atoms with Gasteiger partial charge in [-0.25, -0.2) is 4.98 Å². The fraction of sp³-hybridized carbons (Fsp3) is 0.0833. The summed E-state index contributed by atoms with van der Waals surface area (Å²) < 4.78 is 5.84. The summed E-state index contributed by atoms with van der Waals surface area (Å²) in [6.45, 7) is 2.01. The monoisotopic (exact) mass is 416 g/mol. The summed E-state index contributed by atoms with van der Waals surface area (Å²) in [5.74, 6) is 0.583. The van der Waals surface area contributed by atoms with Crippen molar-refractivity contribution in [1.82, 2.24) is 4.98 Å². The summed E-state index contributed by atoms with van der Waals surface area (Å²) in [7, 11) is 0. The van der Waals surface area contributed by atoms with Gasteiger partial charge >= 0.3 is 5.97 Å². The number of carboxylic acid groups (broad SMARTS) is 1. The van der Waals surface area contributed by atoms with Crippen molar-refractivity contribution in [2.75, 3.05) is 5.32 Å². The Kier molecular flexibility index (Phi) is 5.77. The van der Waals surface area contributed by atoms with E-state index in [1.165, 1.54) is 11.3 Å². The van der Waals surface area contributed by atoms with E-state index in [-0.39, 0.29) is 6.42 Å². The smallest absolute Gasteiger partial charge is 0.308 e.